The lowest BCUT2D eigenvalue weighted by molar-refractivity contribution is 0.270. The number of hydrogen-bond donors (Lipinski definition) is 1. The average molecular weight is 257 g/mol. The van der Waals surface area contributed by atoms with Gasteiger partial charge < -0.3 is 10.5 Å². The Morgan fingerprint density at radius 3 is 2.33 bits per heavy atom. The molecule has 0 aliphatic carbocycles. The monoisotopic (exact) mass is 257 g/mol. The smallest absolute Gasteiger partial charge is 0.190 e. The van der Waals surface area contributed by atoms with Gasteiger partial charge >= 0.3 is 0 Å². The summed E-state index contributed by atoms with van der Waals surface area (Å²) < 4.78 is 32.4. The molecule has 0 aliphatic heterocycles. The van der Waals surface area contributed by atoms with E-state index in [-0.39, 0.29) is 5.75 Å². The van der Waals surface area contributed by atoms with E-state index >= 15 is 0 Å². The Morgan fingerprint density at radius 1 is 1.22 bits per heavy atom. The van der Waals surface area contributed by atoms with Gasteiger partial charge in [0.1, 0.15) is 0 Å². The van der Waals surface area contributed by atoms with Gasteiger partial charge in [0, 0.05) is 0 Å². The molecule has 0 unspecified atom stereocenters. The molecule has 0 radical (unpaired) electrons. The molecule has 0 atom stereocenters. The van der Waals surface area contributed by atoms with E-state index in [2.05, 4.69) is 13.8 Å². The number of nitrogens with two attached hydrogens (primary N) is 1. The molecule has 102 valence electrons. The zero-order chi connectivity index (χ0) is 13.5. The number of rotatable bonds is 7. The molecule has 0 aromatic heterocycles. The predicted molar refractivity (Wildman–Crippen MR) is 68.7 cm³/mol. The van der Waals surface area contributed by atoms with Crippen LogP contribution >= 0.6 is 0 Å². The number of halogens is 2. The first-order valence-corrected chi connectivity index (χ1v) is 6.35. The molecule has 1 aromatic carbocycles. The Morgan fingerprint density at radius 2 is 1.83 bits per heavy atom. The third-order valence-corrected chi connectivity index (χ3v) is 2.66. The lowest BCUT2D eigenvalue weighted by Crippen LogP contribution is -2.06. The van der Waals surface area contributed by atoms with Crippen LogP contribution in [0, 0.1) is 17.6 Å². The standard InChI is InChI=1S/C14H21F2NO/c1-10(2)4-3-7-18-14-12(15)8-11(5-6-17)9-13(14)16/h8-10H,3-7,17H2,1-2H3. The molecule has 2 nitrogen and oxygen atoms in total. The van der Waals surface area contributed by atoms with Crippen LogP contribution in [0.15, 0.2) is 12.1 Å². The van der Waals surface area contributed by atoms with Crippen LogP contribution in [-0.2, 0) is 6.42 Å². The molecule has 0 fully saturated rings. The van der Waals surface area contributed by atoms with Crippen LogP contribution < -0.4 is 10.5 Å². The lowest BCUT2D eigenvalue weighted by atomic mass is 10.1. The van der Waals surface area contributed by atoms with Crippen molar-refractivity contribution >= 4 is 0 Å². The number of ether oxygens (including phenoxy) is 1. The van der Waals surface area contributed by atoms with E-state index in [0.29, 0.717) is 31.1 Å². The Bertz CT molecular complexity index is 357. The van der Waals surface area contributed by atoms with Crippen LogP contribution in [0.1, 0.15) is 32.3 Å². The summed E-state index contributed by atoms with van der Waals surface area (Å²) in [5.41, 5.74) is 5.91. The van der Waals surface area contributed by atoms with E-state index in [1.54, 1.807) is 0 Å². The molecule has 1 rings (SSSR count). The SMILES string of the molecule is CC(C)CCCOc1c(F)cc(CCN)cc1F. The van der Waals surface area contributed by atoms with E-state index in [4.69, 9.17) is 10.5 Å². The maximum absolute atomic E-state index is 13.6. The third kappa shape index (κ3) is 4.61. The van der Waals surface area contributed by atoms with Gasteiger partial charge in [-0.1, -0.05) is 13.8 Å². The molecule has 0 amide bonds. The summed E-state index contributed by atoms with van der Waals surface area (Å²) in [6, 6.07) is 2.57. The quantitative estimate of drug-likeness (QED) is 0.761. The Labute approximate surface area is 107 Å². The largest absolute Gasteiger partial charge is 0.488 e. The summed E-state index contributed by atoms with van der Waals surface area (Å²) in [6.45, 7) is 4.90. The fraction of sp³-hybridized carbons (Fsp3) is 0.571. The van der Waals surface area contributed by atoms with Crippen LogP contribution in [0.25, 0.3) is 0 Å². The first-order chi connectivity index (χ1) is 8.54. The van der Waals surface area contributed by atoms with Gasteiger partial charge in [-0.2, -0.15) is 0 Å². The van der Waals surface area contributed by atoms with Crippen molar-refractivity contribution in [1.29, 1.82) is 0 Å². The van der Waals surface area contributed by atoms with Gasteiger partial charge in [0.2, 0.25) is 0 Å². The minimum Gasteiger partial charge on any atom is -0.488 e. The molecule has 0 bridgehead atoms. The van der Waals surface area contributed by atoms with Crippen molar-refractivity contribution < 1.29 is 13.5 Å². The van der Waals surface area contributed by atoms with E-state index < -0.39 is 11.6 Å². The first kappa shape index (κ1) is 14.9. The van der Waals surface area contributed by atoms with Crippen LogP contribution in [0.5, 0.6) is 5.75 Å². The van der Waals surface area contributed by atoms with E-state index in [9.17, 15) is 8.78 Å². The Hall–Kier alpha value is -1.16. The lowest BCUT2D eigenvalue weighted by Gasteiger charge is -2.10. The minimum atomic E-state index is -0.650. The van der Waals surface area contributed by atoms with Crippen LogP contribution in [0.3, 0.4) is 0 Å². The van der Waals surface area contributed by atoms with E-state index in [1.165, 1.54) is 12.1 Å². The molecule has 0 aliphatic rings. The third-order valence-electron chi connectivity index (χ3n) is 2.66. The fourth-order valence-electron chi connectivity index (χ4n) is 1.73. The molecule has 1 aromatic rings. The van der Waals surface area contributed by atoms with Crippen molar-refractivity contribution in [2.75, 3.05) is 13.2 Å². The Kier molecular flexibility index (Phi) is 6.05. The summed E-state index contributed by atoms with van der Waals surface area (Å²) in [6.07, 6.45) is 2.23. The fourth-order valence-corrected chi connectivity index (χ4v) is 1.73. The normalized spacial score (nSPS) is 11.0. The predicted octanol–water partition coefficient (Wildman–Crippen LogP) is 3.28. The molecule has 0 spiro atoms. The van der Waals surface area contributed by atoms with Crippen molar-refractivity contribution in [2.45, 2.75) is 33.1 Å². The summed E-state index contributed by atoms with van der Waals surface area (Å²) in [5, 5.41) is 0. The molecule has 0 saturated heterocycles. The second-order valence-corrected chi connectivity index (χ2v) is 4.81. The van der Waals surface area contributed by atoms with Crippen molar-refractivity contribution in [3.8, 4) is 5.75 Å². The highest BCUT2D eigenvalue weighted by Gasteiger charge is 2.12. The van der Waals surface area contributed by atoms with E-state index in [1.807, 2.05) is 0 Å². The molecule has 2 N–H and O–H groups in total. The van der Waals surface area contributed by atoms with Gasteiger partial charge in [0.15, 0.2) is 17.4 Å². The topological polar surface area (TPSA) is 35.2 Å². The molecular weight excluding hydrogens is 236 g/mol. The Balaban J connectivity index is 2.60. The first-order valence-electron chi connectivity index (χ1n) is 6.35. The molecule has 0 saturated carbocycles. The molecular formula is C14H21F2NO. The van der Waals surface area contributed by atoms with Crippen molar-refractivity contribution in [3.63, 3.8) is 0 Å². The summed E-state index contributed by atoms with van der Waals surface area (Å²) in [5.74, 6) is -1.01. The van der Waals surface area contributed by atoms with E-state index in [0.717, 1.165) is 12.8 Å². The van der Waals surface area contributed by atoms with Gasteiger partial charge in [-0.15, -0.1) is 0 Å². The maximum Gasteiger partial charge on any atom is 0.190 e. The van der Waals surface area contributed by atoms with Crippen LogP contribution in [0.2, 0.25) is 0 Å². The average Bonchev–Trinajstić information content (AvgIpc) is 2.27. The van der Waals surface area contributed by atoms with Crippen LogP contribution in [0.4, 0.5) is 8.78 Å². The van der Waals surface area contributed by atoms with Gasteiger partial charge in [-0.3, -0.25) is 0 Å². The zero-order valence-electron chi connectivity index (χ0n) is 11.0. The van der Waals surface area contributed by atoms with Crippen LogP contribution in [-0.4, -0.2) is 13.2 Å². The maximum atomic E-state index is 13.6. The van der Waals surface area contributed by atoms with Gasteiger partial charge in [0.25, 0.3) is 0 Å². The zero-order valence-corrected chi connectivity index (χ0v) is 11.0. The summed E-state index contributed by atoms with van der Waals surface area (Å²) in [4.78, 5) is 0. The number of benzene rings is 1. The highest BCUT2D eigenvalue weighted by atomic mass is 19.1. The number of hydrogen-bond acceptors (Lipinski definition) is 2. The van der Waals surface area contributed by atoms with Crippen molar-refractivity contribution in [2.24, 2.45) is 11.7 Å². The summed E-state index contributed by atoms with van der Waals surface area (Å²) >= 11 is 0. The second-order valence-electron chi connectivity index (χ2n) is 4.81. The molecule has 0 heterocycles. The summed E-state index contributed by atoms with van der Waals surface area (Å²) in [7, 11) is 0. The molecule has 18 heavy (non-hydrogen) atoms. The highest BCUT2D eigenvalue weighted by Crippen LogP contribution is 2.24. The highest BCUT2D eigenvalue weighted by molar-refractivity contribution is 5.31. The van der Waals surface area contributed by atoms with Crippen molar-refractivity contribution in [3.05, 3.63) is 29.3 Å². The van der Waals surface area contributed by atoms with Gasteiger partial charge in [0.05, 0.1) is 6.61 Å². The van der Waals surface area contributed by atoms with Gasteiger partial charge in [-0.25, -0.2) is 8.78 Å². The van der Waals surface area contributed by atoms with Crippen molar-refractivity contribution in [1.82, 2.24) is 0 Å². The molecule has 4 heteroatoms. The second kappa shape index (κ2) is 7.31. The van der Waals surface area contributed by atoms with Gasteiger partial charge in [-0.05, 0) is 49.4 Å². The minimum absolute atomic E-state index is 0.278.